The molecule has 1 aliphatic carbocycles. The summed E-state index contributed by atoms with van der Waals surface area (Å²) in [4.78, 5) is 16.3. The normalized spacial score (nSPS) is 12.8. The molecule has 2 aromatic heterocycles. The Morgan fingerprint density at radius 1 is 1.13 bits per heavy atom. The van der Waals surface area contributed by atoms with Crippen LogP contribution in [0.3, 0.4) is 0 Å². The highest BCUT2D eigenvalue weighted by molar-refractivity contribution is 5.77. The number of aromatic nitrogens is 3. The Hall–Kier alpha value is -3.35. The second-order valence-corrected chi connectivity index (χ2v) is 7.26. The standard InChI is InChI=1S/C23H26N4O3/c1-29-18-5-4-6-19(15-18)30-16-22(28)25-13-14-27-21-8-3-2-7-20(21)23(26-27)17-9-11-24-12-10-17/h4-6,9-12,15H,2-3,7-8,13-14,16H2,1H3,(H,25,28). The van der Waals surface area contributed by atoms with Gasteiger partial charge >= 0.3 is 0 Å². The van der Waals surface area contributed by atoms with Crippen LogP contribution in [0.5, 0.6) is 11.5 Å². The maximum absolute atomic E-state index is 12.2. The quantitative estimate of drug-likeness (QED) is 0.622. The van der Waals surface area contributed by atoms with Gasteiger partial charge in [0, 0.05) is 41.8 Å². The molecule has 3 aromatic rings. The van der Waals surface area contributed by atoms with E-state index in [0.29, 0.717) is 24.6 Å². The van der Waals surface area contributed by atoms with Gasteiger partial charge in [-0.3, -0.25) is 14.5 Å². The Morgan fingerprint density at radius 3 is 2.77 bits per heavy atom. The van der Waals surface area contributed by atoms with Crippen molar-refractivity contribution in [2.75, 3.05) is 20.3 Å². The lowest BCUT2D eigenvalue weighted by Crippen LogP contribution is -2.32. The first-order valence-corrected chi connectivity index (χ1v) is 10.3. The van der Waals surface area contributed by atoms with Crippen LogP contribution in [-0.4, -0.2) is 40.9 Å². The van der Waals surface area contributed by atoms with Crippen LogP contribution in [0.15, 0.2) is 48.8 Å². The van der Waals surface area contributed by atoms with Crippen LogP contribution in [0, 0.1) is 0 Å². The summed E-state index contributed by atoms with van der Waals surface area (Å²) >= 11 is 0. The third-order valence-electron chi connectivity index (χ3n) is 5.27. The lowest BCUT2D eigenvalue weighted by Gasteiger charge is -2.14. The van der Waals surface area contributed by atoms with Gasteiger partial charge in [-0.1, -0.05) is 6.07 Å². The fraction of sp³-hybridized carbons (Fsp3) is 0.348. The SMILES string of the molecule is COc1cccc(OCC(=O)NCCn2nc(-c3ccncc3)c3c2CCCC3)c1. The Balaban J connectivity index is 1.34. The molecule has 0 saturated carbocycles. The van der Waals surface area contributed by atoms with Crippen molar-refractivity contribution in [1.82, 2.24) is 20.1 Å². The largest absolute Gasteiger partial charge is 0.497 e. The Labute approximate surface area is 176 Å². The summed E-state index contributed by atoms with van der Waals surface area (Å²) in [6, 6.07) is 11.2. The van der Waals surface area contributed by atoms with Gasteiger partial charge in [-0.2, -0.15) is 5.10 Å². The van der Waals surface area contributed by atoms with Crippen LogP contribution >= 0.6 is 0 Å². The summed E-state index contributed by atoms with van der Waals surface area (Å²) in [6.07, 6.45) is 8.04. The number of hydrogen-bond acceptors (Lipinski definition) is 5. The van der Waals surface area contributed by atoms with Gasteiger partial charge in [-0.25, -0.2) is 0 Å². The zero-order chi connectivity index (χ0) is 20.8. The molecule has 7 heteroatoms. The van der Waals surface area contributed by atoms with Gasteiger partial charge in [0.1, 0.15) is 11.5 Å². The summed E-state index contributed by atoms with van der Waals surface area (Å²) in [7, 11) is 1.60. The van der Waals surface area contributed by atoms with Gasteiger partial charge in [0.2, 0.25) is 0 Å². The zero-order valence-corrected chi connectivity index (χ0v) is 17.1. The first kappa shape index (κ1) is 19.9. The number of nitrogens with zero attached hydrogens (tertiary/aromatic N) is 3. The predicted molar refractivity (Wildman–Crippen MR) is 114 cm³/mol. The van der Waals surface area contributed by atoms with E-state index in [-0.39, 0.29) is 12.5 Å². The predicted octanol–water partition coefficient (Wildman–Crippen LogP) is 3.03. The third-order valence-corrected chi connectivity index (χ3v) is 5.27. The van der Waals surface area contributed by atoms with E-state index in [0.717, 1.165) is 24.1 Å². The fourth-order valence-electron chi connectivity index (χ4n) is 3.79. The van der Waals surface area contributed by atoms with Crippen molar-refractivity contribution < 1.29 is 14.3 Å². The van der Waals surface area contributed by atoms with E-state index in [2.05, 4.69) is 10.3 Å². The number of fused-ring (bicyclic) bond motifs is 1. The summed E-state index contributed by atoms with van der Waals surface area (Å²) in [6.45, 7) is 1.11. The molecule has 30 heavy (non-hydrogen) atoms. The number of carbonyl (C=O) groups is 1. The molecule has 0 bridgehead atoms. The molecule has 4 rings (SSSR count). The van der Waals surface area contributed by atoms with E-state index in [4.69, 9.17) is 14.6 Å². The zero-order valence-electron chi connectivity index (χ0n) is 17.1. The molecule has 0 atom stereocenters. The number of hydrogen-bond donors (Lipinski definition) is 1. The fourth-order valence-corrected chi connectivity index (χ4v) is 3.79. The molecule has 156 valence electrons. The Bertz CT molecular complexity index is 1000. The van der Waals surface area contributed by atoms with Crippen LogP contribution in [0.4, 0.5) is 0 Å². The van der Waals surface area contributed by atoms with Crippen molar-refractivity contribution in [3.63, 3.8) is 0 Å². The van der Waals surface area contributed by atoms with Crippen molar-refractivity contribution in [3.05, 3.63) is 60.0 Å². The third kappa shape index (κ3) is 4.62. The maximum Gasteiger partial charge on any atom is 0.258 e. The Kier molecular flexibility index (Phi) is 6.27. The molecule has 0 radical (unpaired) electrons. The smallest absolute Gasteiger partial charge is 0.258 e. The number of benzene rings is 1. The van der Waals surface area contributed by atoms with Crippen LogP contribution in [0.25, 0.3) is 11.3 Å². The monoisotopic (exact) mass is 406 g/mol. The van der Waals surface area contributed by atoms with E-state index in [1.165, 1.54) is 24.1 Å². The highest BCUT2D eigenvalue weighted by Gasteiger charge is 2.21. The van der Waals surface area contributed by atoms with Gasteiger partial charge in [-0.05, 0) is 49.9 Å². The van der Waals surface area contributed by atoms with Gasteiger partial charge in [-0.15, -0.1) is 0 Å². The highest BCUT2D eigenvalue weighted by atomic mass is 16.5. The van der Waals surface area contributed by atoms with Crippen molar-refractivity contribution in [3.8, 4) is 22.8 Å². The first-order valence-electron chi connectivity index (χ1n) is 10.3. The van der Waals surface area contributed by atoms with E-state index >= 15 is 0 Å². The minimum atomic E-state index is -0.159. The van der Waals surface area contributed by atoms with Gasteiger partial charge in [0.25, 0.3) is 5.91 Å². The first-order chi connectivity index (χ1) is 14.7. The molecule has 0 spiro atoms. The topological polar surface area (TPSA) is 78.3 Å². The van der Waals surface area contributed by atoms with Crippen molar-refractivity contribution >= 4 is 5.91 Å². The summed E-state index contributed by atoms with van der Waals surface area (Å²) in [5.74, 6) is 1.14. The molecule has 2 heterocycles. The van der Waals surface area contributed by atoms with Crippen LogP contribution in [0.1, 0.15) is 24.1 Å². The lowest BCUT2D eigenvalue weighted by atomic mass is 9.94. The van der Waals surface area contributed by atoms with Gasteiger partial charge in [0.05, 0.1) is 19.3 Å². The average Bonchev–Trinajstić information content (AvgIpc) is 3.17. The minimum absolute atomic E-state index is 0.0351. The highest BCUT2D eigenvalue weighted by Crippen LogP contribution is 2.30. The van der Waals surface area contributed by atoms with E-state index < -0.39 is 0 Å². The molecule has 1 aromatic carbocycles. The van der Waals surface area contributed by atoms with Crippen molar-refractivity contribution in [2.24, 2.45) is 0 Å². The number of ether oxygens (including phenoxy) is 2. The van der Waals surface area contributed by atoms with E-state index in [1.54, 1.807) is 31.6 Å². The maximum atomic E-state index is 12.2. The molecule has 7 nitrogen and oxygen atoms in total. The lowest BCUT2D eigenvalue weighted by molar-refractivity contribution is -0.123. The molecule has 0 aliphatic heterocycles. The molecular formula is C23H26N4O3. The number of methoxy groups -OCH3 is 1. The summed E-state index contributed by atoms with van der Waals surface area (Å²) in [5.41, 5.74) is 4.76. The number of nitrogens with one attached hydrogen (secondary N) is 1. The van der Waals surface area contributed by atoms with Gasteiger partial charge < -0.3 is 14.8 Å². The second-order valence-electron chi connectivity index (χ2n) is 7.26. The number of carbonyl (C=O) groups excluding carboxylic acids is 1. The minimum Gasteiger partial charge on any atom is -0.497 e. The number of rotatable bonds is 8. The number of amides is 1. The van der Waals surface area contributed by atoms with Crippen LogP contribution in [0.2, 0.25) is 0 Å². The Morgan fingerprint density at radius 2 is 1.93 bits per heavy atom. The molecule has 1 aliphatic rings. The molecule has 0 unspecified atom stereocenters. The molecule has 0 saturated heterocycles. The van der Waals surface area contributed by atoms with Crippen molar-refractivity contribution in [1.29, 1.82) is 0 Å². The summed E-state index contributed by atoms with van der Waals surface area (Å²) < 4.78 is 12.8. The summed E-state index contributed by atoms with van der Waals surface area (Å²) in [5, 5.41) is 7.78. The molecular weight excluding hydrogens is 380 g/mol. The number of pyridine rings is 1. The van der Waals surface area contributed by atoms with Crippen LogP contribution in [-0.2, 0) is 24.2 Å². The molecule has 0 fully saturated rings. The van der Waals surface area contributed by atoms with Gasteiger partial charge in [0.15, 0.2) is 6.61 Å². The average molecular weight is 406 g/mol. The van der Waals surface area contributed by atoms with Crippen molar-refractivity contribution in [2.45, 2.75) is 32.2 Å². The second kappa shape index (κ2) is 9.43. The van der Waals surface area contributed by atoms with E-state index in [9.17, 15) is 4.79 Å². The molecule has 1 N–H and O–H groups in total. The van der Waals surface area contributed by atoms with E-state index in [1.807, 2.05) is 28.9 Å². The van der Waals surface area contributed by atoms with Crippen LogP contribution < -0.4 is 14.8 Å². The molecule has 1 amide bonds.